The maximum atomic E-state index is 12.6. The van der Waals surface area contributed by atoms with Gasteiger partial charge < -0.3 is 20.1 Å². The van der Waals surface area contributed by atoms with Crippen molar-refractivity contribution in [2.75, 3.05) is 26.2 Å². The van der Waals surface area contributed by atoms with Crippen molar-refractivity contribution in [2.24, 2.45) is 7.05 Å². The van der Waals surface area contributed by atoms with Crippen LogP contribution >= 0.6 is 0 Å². The molecule has 0 bridgehead atoms. The number of aromatic nitrogens is 2. The molecule has 3 rings (SSSR count). The number of carbonyl (C=O) groups excluding carboxylic acids is 1. The molecule has 1 saturated heterocycles. The Hall–Kier alpha value is -1.44. The number of ether oxygens (including phenoxy) is 1. The lowest BCUT2D eigenvalue weighted by atomic mass is 9.99. The Labute approximate surface area is 143 Å². The zero-order valence-corrected chi connectivity index (χ0v) is 14.8. The molecule has 2 N–H and O–H groups in total. The number of carbonyl (C=O) groups is 1. The summed E-state index contributed by atoms with van der Waals surface area (Å²) in [7, 11) is 1.82. The summed E-state index contributed by atoms with van der Waals surface area (Å²) in [5.74, 6) is -0.0652. The molecule has 0 spiro atoms. The van der Waals surface area contributed by atoms with Crippen LogP contribution in [0.1, 0.15) is 54.5 Å². The lowest BCUT2D eigenvalue weighted by molar-refractivity contribution is -0.00710. The fraction of sp³-hybridized carbons (Fsp3) is 0.765. The summed E-state index contributed by atoms with van der Waals surface area (Å²) < 4.78 is 7.47. The number of likely N-dealkylation sites (tertiary alicyclic amines) is 1. The Balaban J connectivity index is 1.59. The number of rotatable bonds is 4. The van der Waals surface area contributed by atoms with E-state index in [4.69, 9.17) is 4.74 Å². The van der Waals surface area contributed by atoms with Crippen LogP contribution in [0.15, 0.2) is 0 Å². The summed E-state index contributed by atoms with van der Waals surface area (Å²) in [6.45, 7) is 7.22. The molecule has 0 unspecified atom stereocenters. The van der Waals surface area contributed by atoms with Gasteiger partial charge in [0, 0.05) is 45.2 Å². The topological polar surface area (TPSA) is 79.6 Å². The number of nitrogens with zero attached hydrogens (tertiary/aromatic N) is 3. The van der Waals surface area contributed by atoms with Crippen molar-refractivity contribution in [2.45, 2.75) is 51.4 Å². The van der Waals surface area contributed by atoms with Crippen molar-refractivity contribution in [1.29, 1.82) is 0 Å². The van der Waals surface area contributed by atoms with Gasteiger partial charge in [0.2, 0.25) is 0 Å². The molecule has 0 saturated carbocycles. The van der Waals surface area contributed by atoms with Gasteiger partial charge in [0.15, 0.2) is 0 Å². The maximum Gasteiger partial charge on any atom is 0.269 e. The largest absolute Gasteiger partial charge is 0.393 e. The number of fused-ring (bicyclic) bond motifs is 1. The van der Waals surface area contributed by atoms with E-state index >= 15 is 0 Å². The molecule has 2 aliphatic rings. The van der Waals surface area contributed by atoms with Crippen LogP contribution in [0.2, 0.25) is 0 Å². The number of amides is 1. The van der Waals surface area contributed by atoms with Crippen molar-refractivity contribution < 1.29 is 14.6 Å². The first kappa shape index (κ1) is 17.4. The van der Waals surface area contributed by atoms with Gasteiger partial charge in [0.1, 0.15) is 5.69 Å². The van der Waals surface area contributed by atoms with Crippen LogP contribution in [-0.2, 0) is 18.2 Å². The van der Waals surface area contributed by atoms with E-state index in [0.717, 1.165) is 50.2 Å². The van der Waals surface area contributed by atoms with E-state index in [2.05, 4.69) is 15.3 Å². The molecule has 3 heterocycles. The van der Waals surface area contributed by atoms with Crippen LogP contribution in [0.25, 0.3) is 0 Å². The van der Waals surface area contributed by atoms with Crippen LogP contribution < -0.4 is 5.32 Å². The molecule has 0 radical (unpaired) electrons. The SMILES string of the molecule is C[C@@H]1Cc2c(nn(C)c2C(=O)NCCN2CCC(O)CC2)[C@H](C)O1. The first-order valence-corrected chi connectivity index (χ1v) is 8.85. The number of aryl methyl sites for hydroxylation is 1. The number of aliphatic hydroxyl groups is 1. The molecule has 7 nitrogen and oxygen atoms in total. The molecule has 1 fully saturated rings. The molecule has 1 amide bonds. The van der Waals surface area contributed by atoms with E-state index in [1.807, 2.05) is 20.9 Å². The Morgan fingerprint density at radius 3 is 2.79 bits per heavy atom. The van der Waals surface area contributed by atoms with Crippen LogP contribution in [0.4, 0.5) is 0 Å². The summed E-state index contributed by atoms with van der Waals surface area (Å²) in [5.41, 5.74) is 2.55. The van der Waals surface area contributed by atoms with Crippen LogP contribution in [0, 0.1) is 0 Å². The standard InChI is InChI=1S/C17H28N4O3/c1-11-10-14-15(12(2)24-11)19-20(3)16(14)17(23)18-6-9-21-7-4-13(22)5-8-21/h11-13,22H,4-10H2,1-3H3,(H,18,23)/t11-,12+/m1/s1. The Kier molecular flexibility index (Phi) is 5.22. The van der Waals surface area contributed by atoms with E-state index in [9.17, 15) is 9.90 Å². The van der Waals surface area contributed by atoms with Crippen LogP contribution in [-0.4, -0.2) is 64.1 Å². The van der Waals surface area contributed by atoms with E-state index < -0.39 is 0 Å². The van der Waals surface area contributed by atoms with Gasteiger partial charge in [0.25, 0.3) is 5.91 Å². The molecule has 2 atom stereocenters. The highest BCUT2D eigenvalue weighted by Crippen LogP contribution is 2.30. The molecule has 1 aromatic heterocycles. The minimum atomic E-state index is -0.164. The molecule has 1 aromatic rings. The first-order chi connectivity index (χ1) is 11.5. The Bertz CT molecular complexity index is 593. The lowest BCUT2D eigenvalue weighted by Crippen LogP contribution is -2.41. The second kappa shape index (κ2) is 7.21. The van der Waals surface area contributed by atoms with Crippen molar-refractivity contribution in [3.05, 3.63) is 17.0 Å². The normalized spacial score (nSPS) is 25.5. The summed E-state index contributed by atoms with van der Waals surface area (Å²) in [4.78, 5) is 14.9. The number of hydrogen-bond donors (Lipinski definition) is 2. The van der Waals surface area contributed by atoms with E-state index in [1.165, 1.54) is 0 Å². The average molecular weight is 336 g/mol. The third-order valence-electron chi connectivity index (χ3n) is 4.98. The number of nitrogens with one attached hydrogen (secondary N) is 1. The highest BCUT2D eigenvalue weighted by Gasteiger charge is 2.31. The lowest BCUT2D eigenvalue weighted by Gasteiger charge is -2.29. The monoisotopic (exact) mass is 336 g/mol. The number of hydrogen-bond acceptors (Lipinski definition) is 5. The summed E-state index contributed by atoms with van der Waals surface area (Å²) in [6, 6.07) is 0. The van der Waals surface area contributed by atoms with Crippen LogP contribution in [0.3, 0.4) is 0 Å². The van der Waals surface area contributed by atoms with Gasteiger partial charge in [-0.1, -0.05) is 0 Å². The zero-order valence-electron chi connectivity index (χ0n) is 14.8. The third-order valence-corrected chi connectivity index (χ3v) is 4.98. The first-order valence-electron chi connectivity index (χ1n) is 8.85. The van der Waals surface area contributed by atoms with E-state index in [1.54, 1.807) is 4.68 Å². The smallest absolute Gasteiger partial charge is 0.269 e. The molecule has 2 aliphatic heterocycles. The average Bonchev–Trinajstić information content (AvgIpc) is 2.85. The van der Waals surface area contributed by atoms with Gasteiger partial charge in [-0.15, -0.1) is 0 Å². The molecule has 7 heteroatoms. The van der Waals surface area contributed by atoms with Gasteiger partial charge in [-0.3, -0.25) is 9.48 Å². The number of piperidine rings is 1. The van der Waals surface area contributed by atoms with Gasteiger partial charge in [-0.2, -0.15) is 5.10 Å². The number of aliphatic hydroxyl groups excluding tert-OH is 1. The Morgan fingerprint density at radius 1 is 1.38 bits per heavy atom. The summed E-state index contributed by atoms with van der Waals surface area (Å²) >= 11 is 0. The molecule has 24 heavy (non-hydrogen) atoms. The minimum Gasteiger partial charge on any atom is -0.393 e. The molecule has 134 valence electrons. The summed E-state index contributed by atoms with van der Waals surface area (Å²) in [5, 5.41) is 17.0. The highest BCUT2D eigenvalue weighted by molar-refractivity contribution is 5.94. The fourth-order valence-corrected chi connectivity index (χ4v) is 3.70. The molecule has 0 aromatic carbocycles. The van der Waals surface area contributed by atoms with Crippen molar-refractivity contribution in [3.8, 4) is 0 Å². The second-order valence-corrected chi connectivity index (χ2v) is 6.96. The maximum absolute atomic E-state index is 12.6. The Morgan fingerprint density at radius 2 is 2.08 bits per heavy atom. The van der Waals surface area contributed by atoms with Gasteiger partial charge >= 0.3 is 0 Å². The van der Waals surface area contributed by atoms with E-state index in [0.29, 0.717) is 12.2 Å². The predicted molar refractivity (Wildman–Crippen MR) is 89.9 cm³/mol. The van der Waals surface area contributed by atoms with Crippen molar-refractivity contribution in [3.63, 3.8) is 0 Å². The van der Waals surface area contributed by atoms with Gasteiger partial charge in [-0.05, 0) is 26.7 Å². The third kappa shape index (κ3) is 3.63. The zero-order chi connectivity index (χ0) is 17.3. The predicted octanol–water partition coefficient (Wildman–Crippen LogP) is 0.629. The van der Waals surface area contributed by atoms with Crippen molar-refractivity contribution >= 4 is 5.91 Å². The van der Waals surface area contributed by atoms with Crippen LogP contribution in [0.5, 0.6) is 0 Å². The quantitative estimate of drug-likeness (QED) is 0.843. The molecule has 0 aliphatic carbocycles. The van der Waals surface area contributed by atoms with Gasteiger partial charge in [-0.25, -0.2) is 0 Å². The van der Waals surface area contributed by atoms with Gasteiger partial charge in [0.05, 0.1) is 24.0 Å². The fourth-order valence-electron chi connectivity index (χ4n) is 3.70. The van der Waals surface area contributed by atoms with Crippen molar-refractivity contribution in [1.82, 2.24) is 20.0 Å². The van der Waals surface area contributed by atoms with E-state index in [-0.39, 0.29) is 24.2 Å². The second-order valence-electron chi connectivity index (χ2n) is 6.96. The summed E-state index contributed by atoms with van der Waals surface area (Å²) in [6.07, 6.45) is 2.22. The molecular formula is C17H28N4O3. The molecular weight excluding hydrogens is 308 g/mol. The highest BCUT2D eigenvalue weighted by atomic mass is 16.5. The minimum absolute atomic E-state index is 0.0652.